The number of alkyl halides is 3. The number of rotatable bonds is 2. The smallest absolute Gasteiger partial charge is 0.352 e. The number of nitrogens with one attached hydrogen (secondary N) is 1. The van der Waals surface area contributed by atoms with Gasteiger partial charge in [-0.1, -0.05) is 6.42 Å². The van der Waals surface area contributed by atoms with Crippen LogP contribution in [0.5, 0.6) is 0 Å². The van der Waals surface area contributed by atoms with Gasteiger partial charge in [-0.15, -0.1) is 0 Å². The lowest BCUT2D eigenvalue weighted by Gasteiger charge is -2.31. The van der Waals surface area contributed by atoms with Gasteiger partial charge in [-0.3, -0.25) is 4.79 Å². The van der Waals surface area contributed by atoms with Crippen LogP contribution in [-0.2, 0) is 4.79 Å². The monoisotopic (exact) mass is 238 g/mol. The first-order valence-electron chi connectivity index (χ1n) is 5.43. The van der Waals surface area contributed by atoms with Gasteiger partial charge in [-0.05, 0) is 26.2 Å². The second kappa shape index (κ2) is 5.03. The number of hydrogen-bond acceptors (Lipinski definition) is 2. The predicted octanol–water partition coefficient (Wildman–Crippen LogP) is 1.57. The minimum atomic E-state index is -4.16. The van der Waals surface area contributed by atoms with E-state index in [1.54, 1.807) is 0 Å². The van der Waals surface area contributed by atoms with Crippen LogP contribution in [0.3, 0.4) is 0 Å². The maximum Gasteiger partial charge on any atom is 0.391 e. The second-order valence-electron chi connectivity index (χ2n) is 4.40. The molecule has 0 spiro atoms. The summed E-state index contributed by atoms with van der Waals surface area (Å²) in [4.78, 5) is 11.3. The molecule has 1 aliphatic rings. The molecule has 6 heteroatoms. The first-order chi connectivity index (χ1) is 7.30. The Balaban J connectivity index is 2.48. The Morgan fingerprint density at radius 3 is 2.56 bits per heavy atom. The average Bonchev–Trinajstić information content (AvgIpc) is 2.16. The van der Waals surface area contributed by atoms with Crippen LogP contribution in [-0.4, -0.2) is 24.2 Å². The molecule has 1 rings (SSSR count). The van der Waals surface area contributed by atoms with Crippen LogP contribution in [0.15, 0.2) is 0 Å². The Bertz CT molecular complexity index is 253. The van der Waals surface area contributed by atoms with Crippen molar-refractivity contribution in [2.45, 2.75) is 50.9 Å². The second-order valence-corrected chi connectivity index (χ2v) is 4.40. The van der Waals surface area contributed by atoms with Gasteiger partial charge < -0.3 is 11.1 Å². The van der Waals surface area contributed by atoms with Crippen molar-refractivity contribution in [1.82, 2.24) is 5.32 Å². The number of carbonyl (C=O) groups is 1. The largest absolute Gasteiger partial charge is 0.391 e. The molecule has 1 saturated carbocycles. The molecule has 0 aromatic rings. The van der Waals surface area contributed by atoms with Gasteiger partial charge in [-0.2, -0.15) is 13.2 Å². The number of amides is 1. The lowest BCUT2D eigenvalue weighted by atomic mass is 9.85. The summed E-state index contributed by atoms with van der Waals surface area (Å²) in [5.74, 6) is -1.67. The first-order valence-corrected chi connectivity index (χ1v) is 5.43. The van der Waals surface area contributed by atoms with E-state index in [-0.39, 0.29) is 24.8 Å². The molecule has 0 radical (unpaired) electrons. The van der Waals surface area contributed by atoms with Gasteiger partial charge in [0.1, 0.15) is 0 Å². The highest BCUT2D eigenvalue weighted by atomic mass is 19.4. The molecule has 1 fully saturated rings. The molecule has 0 heterocycles. The molecule has 3 nitrogen and oxygen atoms in total. The minimum absolute atomic E-state index is 0.0258. The van der Waals surface area contributed by atoms with Gasteiger partial charge in [0.25, 0.3) is 0 Å². The molecule has 3 atom stereocenters. The van der Waals surface area contributed by atoms with Gasteiger partial charge in [-0.25, -0.2) is 0 Å². The maximum atomic E-state index is 12.5. The van der Waals surface area contributed by atoms with Crippen LogP contribution < -0.4 is 11.1 Å². The highest BCUT2D eigenvalue weighted by molar-refractivity contribution is 5.81. The van der Waals surface area contributed by atoms with E-state index in [9.17, 15) is 18.0 Å². The van der Waals surface area contributed by atoms with E-state index < -0.39 is 18.1 Å². The lowest BCUT2D eigenvalue weighted by molar-refractivity contribution is -0.184. The molecule has 1 aliphatic carbocycles. The summed E-state index contributed by atoms with van der Waals surface area (Å²) < 4.78 is 37.4. The van der Waals surface area contributed by atoms with E-state index in [2.05, 4.69) is 5.32 Å². The molecule has 94 valence electrons. The molecule has 0 aliphatic heterocycles. The zero-order valence-electron chi connectivity index (χ0n) is 9.18. The lowest BCUT2D eigenvalue weighted by Crippen LogP contribution is -2.46. The first kappa shape index (κ1) is 13.3. The summed E-state index contributed by atoms with van der Waals surface area (Å²) >= 11 is 0. The average molecular weight is 238 g/mol. The molecule has 0 bridgehead atoms. The quantitative estimate of drug-likeness (QED) is 0.767. The number of hydrogen-bond donors (Lipinski definition) is 2. The molecular weight excluding hydrogens is 221 g/mol. The van der Waals surface area contributed by atoms with Crippen LogP contribution in [0, 0.1) is 5.92 Å². The normalized spacial score (nSPS) is 28.6. The van der Waals surface area contributed by atoms with Crippen molar-refractivity contribution in [2.24, 2.45) is 11.7 Å². The number of nitrogens with two attached hydrogens (primary N) is 1. The van der Waals surface area contributed by atoms with Gasteiger partial charge >= 0.3 is 6.18 Å². The Labute approximate surface area is 92.6 Å². The van der Waals surface area contributed by atoms with E-state index in [1.165, 1.54) is 6.92 Å². The fourth-order valence-corrected chi connectivity index (χ4v) is 1.95. The topological polar surface area (TPSA) is 55.1 Å². The molecule has 16 heavy (non-hydrogen) atoms. The number of carbonyl (C=O) groups excluding carboxylic acids is 1. The molecule has 0 aromatic heterocycles. The number of halogens is 3. The predicted molar refractivity (Wildman–Crippen MR) is 53.6 cm³/mol. The van der Waals surface area contributed by atoms with E-state index in [0.717, 1.165) is 0 Å². The standard InChI is InChI=1S/C10H17F3N2O/c1-6(14)9(16)15-8-4-2-3-7(5-8)10(11,12)13/h6-8H,2-5,14H2,1H3,(H,15,16)/t6-,7?,8?/m1/s1. The fraction of sp³-hybridized carbons (Fsp3) is 0.900. The summed E-state index contributed by atoms with van der Waals surface area (Å²) in [6.07, 6.45) is -2.92. The summed E-state index contributed by atoms with van der Waals surface area (Å²) in [7, 11) is 0. The van der Waals surface area contributed by atoms with Crippen molar-refractivity contribution in [3.8, 4) is 0 Å². The molecule has 0 saturated heterocycles. The summed E-state index contributed by atoms with van der Waals surface area (Å²) in [6.45, 7) is 1.51. The summed E-state index contributed by atoms with van der Waals surface area (Å²) in [5, 5.41) is 2.56. The van der Waals surface area contributed by atoms with Crippen LogP contribution in [0.1, 0.15) is 32.6 Å². The van der Waals surface area contributed by atoms with E-state index in [1.807, 2.05) is 0 Å². The maximum absolute atomic E-state index is 12.5. The SMILES string of the molecule is C[C@@H](N)C(=O)NC1CCCC(C(F)(F)F)C1. The van der Waals surface area contributed by atoms with Gasteiger partial charge in [0.15, 0.2) is 0 Å². The third-order valence-electron chi connectivity index (χ3n) is 2.90. The third-order valence-corrected chi connectivity index (χ3v) is 2.90. The zero-order chi connectivity index (χ0) is 12.3. The van der Waals surface area contributed by atoms with Crippen LogP contribution in [0.2, 0.25) is 0 Å². The molecule has 3 N–H and O–H groups in total. The van der Waals surface area contributed by atoms with Crippen molar-refractivity contribution >= 4 is 5.91 Å². The van der Waals surface area contributed by atoms with Crippen LogP contribution in [0.4, 0.5) is 13.2 Å². The Morgan fingerprint density at radius 2 is 2.06 bits per heavy atom. The molecular formula is C10H17F3N2O. The summed E-state index contributed by atoms with van der Waals surface area (Å²) in [5.41, 5.74) is 5.34. The van der Waals surface area contributed by atoms with Crippen LogP contribution in [0.25, 0.3) is 0 Å². The third kappa shape index (κ3) is 3.66. The van der Waals surface area contributed by atoms with Crippen LogP contribution >= 0.6 is 0 Å². The van der Waals surface area contributed by atoms with Crippen molar-refractivity contribution in [1.29, 1.82) is 0 Å². The zero-order valence-corrected chi connectivity index (χ0v) is 9.18. The van der Waals surface area contributed by atoms with E-state index >= 15 is 0 Å². The Kier molecular flexibility index (Phi) is 4.18. The summed E-state index contributed by atoms with van der Waals surface area (Å²) in [6, 6.07) is -1.06. The highest BCUT2D eigenvalue weighted by Crippen LogP contribution is 2.37. The van der Waals surface area contributed by atoms with Gasteiger partial charge in [0, 0.05) is 6.04 Å². The van der Waals surface area contributed by atoms with Gasteiger partial charge in [0.05, 0.1) is 12.0 Å². The molecule has 2 unspecified atom stereocenters. The van der Waals surface area contributed by atoms with E-state index in [4.69, 9.17) is 5.73 Å². The Morgan fingerprint density at radius 1 is 1.44 bits per heavy atom. The van der Waals surface area contributed by atoms with Crippen molar-refractivity contribution in [3.05, 3.63) is 0 Å². The highest BCUT2D eigenvalue weighted by Gasteiger charge is 2.42. The molecule has 1 amide bonds. The Hall–Kier alpha value is -0.780. The molecule has 0 aromatic carbocycles. The fourth-order valence-electron chi connectivity index (χ4n) is 1.95. The van der Waals surface area contributed by atoms with Crippen molar-refractivity contribution < 1.29 is 18.0 Å². The van der Waals surface area contributed by atoms with Gasteiger partial charge in [0.2, 0.25) is 5.91 Å². The van der Waals surface area contributed by atoms with Crippen molar-refractivity contribution in [3.63, 3.8) is 0 Å². The van der Waals surface area contributed by atoms with Crippen molar-refractivity contribution in [2.75, 3.05) is 0 Å². The van der Waals surface area contributed by atoms with E-state index in [0.29, 0.717) is 12.8 Å². The minimum Gasteiger partial charge on any atom is -0.352 e.